The van der Waals surface area contributed by atoms with E-state index in [9.17, 15) is 9.59 Å². The molecule has 7 heteroatoms. The van der Waals surface area contributed by atoms with Crippen LogP contribution in [0.2, 0.25) is 0 Å². The summed E-state index contributed by atoms with van der Waals surface area (Å²) in [4.78, 5) is 32.5. The van der Waals surface area contributed by atoms with E-state index in [1.807, 2.05) is 0 Å². The number of H-pyrrole nitrogens is 1. The Hall–Kier alpha value is -1.34. The van der Waals surface area contributed by atoms with Gasteiger partial charge in [0.2, 0.25) is 0 Å². The van der Waals surface area contributed by atoms with E-state index in [-0.39, 0.29) is 5.56 Å². The number of rotatable bonds is 3. The summed E-state index contributed by atoms with van der Waals surface area (Å²) in [5.41, 5.74) is 0.978. The second-order valence-electron chi connectivity index (χ2n) is 5.33. The van der Waals surface area contributed by atoms with Crippen LogP contribution in [0.4, 0.5) is 0 Å². The number of nitrogens with zero attached hydrogens (tertiary/aromatic N) is 1. The van der Waals surface area contributed by atoms with E-state index in [0.29, 0.717) is 10.5 Å². The van der Waals surface area contributed by atoms with Gasteiger partial charge in [-0.2, -0.15) is 0 Å². The Morgan fingerprint density at radius 2 is 2.20 bits per heavy atom. The Kier molecular flexibility index (Phi) is 3.13. The van der Waals surface area contributed by atoms with E-state index < -0.39 is 10.7 Å². The molecule has 0 atom stereocenters. The maximum atomic E-state index is 12.2. The van der Waals surface area contributed by atoms with Gasteiger partial charge in [0.1, 0.15) is 9.58 Å². The summed E-state index contributed by atoms with van der Waals surface area (Å²) in [7, 11) is 0. The van der Waals surface area contributed by atoms with Crippen molar-refractivity contribution in [2.75, 3.05) is 0 Å². The first kappa shape index (κ1) is 13.6. The SMILES string of the molecule is CC(C)(Sc1nc2sc3c(c2c(=O)[nH]1)CCC3)C(=O)O. The summed E-state index contributed by atoms with van der Waals surface area (Å²) >= 11 is 2.62. The largest absolute Gasteiger partial charge is 0.480 e. The molecule has 5 nitrogen and oxygen atoms in total. The number of carbonyl (C=O) groups is 1. The molecule has 0 radical (unpaired) electrons. The topological polar surface area (TPSA) is 83.0 Å². The van der Waals surface area contributed by atoms with Gasteiger partial charge in [0, 0.05) is 4.88 Å². The second kappa shape index (κ2) is 4.60. The van der Waals surface area contributed by atoms with Crippen LogP contribution in [-0.2, 0) is 17.6 Å². The molecule has 2 heterocycles. The molecule has 3 rings (SSSR count). The van der Waals surface area contributed by atoms with Gasteiger partial charge in [0.15, 0.2) is 5.16 Å². The Morgan fingerprint density at radius 1 is 1.45 bits per heavy atom. The van der Waals surface area contributed by atoms with Crippen molar-refractivity contribution >= 4 is 39.3 Å². The van der Waals surface area contributed by atoms with Crippen LogP contribution < -0.4 is 5.56 Å². The molecule has 106 valence electrons. The Labute approximate surface area is 123 Å². The highest BCUT2D eigenvalue weighted by atomic mass is 32.2. The molecule has 2 N–H and O–H groups in total. The lowest BCUT2D eigenvalue weighted by molar-refractivity contribution is -0.138. The normalized spacial score (nSPS) is 14.7. The van der Waals surface area contributed by atoms with E-state index in [1.54, 1.807) is 25.2 Å². The molecule has 0 unspecified atom stereocenters. The summed E-state index contributed by atoms with van der Waals surface area (Å²) in [6.07, 6.45) is 3.05. The number of carboxylic acids is 1. The van der Waals surface area contributed by atoms with Crippen molar-refractivity contribution < 1.29 is 9.90 Å². The zero-order chi connectivity index (χ0) is 14.5. The van der Waals surface area contributed by atoms with Gasteiger partial charge < -0.3 is 10.1 Å². The third-order valence-electron chi connectivity index (χ3n) is 3.42. The molecule has 20 heavy (non-hydrogen) atoms. The van der Waals surface area contributed by atoms with Gasteiger partial charge in [-0.1, -0.05) is 11.8 Å². The first-order valence-electron chi connectivity index (χ1n) is 6.35. The van der Waals surface area contributed by atoms with Crippen LogP contribution in [0, 0.1) is 0 Å². The molecule has 0 saturated carbocycles. The average molecular weight is 310 g/mol. The molecule has 1 aliphatic rings. The number of aliphatic carboxylic acids is 1. The molecule has 2 aromatic rings. The fourth-order valence-corrected chi connectivity index (χ4v) is 4.49. The van der Waals surface area contributed by atoms with Gasteiger partial charge in [-0.3, -0.25) is 9.59 Å². The number of thioether (sulfide) groups is 1. The number of aryl methyl sites for hydroxylation is 2. The number of fused-ring (bicyclic) bond motifs is 3. The number of aromatic nitrogens is 2. The summed E-state index contributed by atoms with van der Waals surface area (Å²) in [6, 6.07) is 0. The van der Waals surface area contributed by atoms with Crippen molar-refractivity contribution in [1.29, 1.82) is 0 Å². The lowest BCUT2D eigenvalue weighted by Gasteiger charge is -2.16. The number of nitrogens with one attached hydrogen (secondary N) is 1. The standard InChI is InChI=1S/C13H14N2O3S2/c1-13(2,11(17)18)20-12-14-9(16)8-6-4-3-5-7(6)19-10(8)15-12/h3-5H2,1-2H3,(H,17,18)(H,14,15,16). The fourth-order valence-electron chi connectivity index (χ4n) is 2.32. The molecule has 0 aromatic carbocycles. The zero-order valence-electron chi connectivity index (χ0n) is 11.1. The van der Waals surface area contributed by atoms with Crippen molar-refractivity contribution in [1.82, 2.24) is 9.97 Å². The van der Waals surface area contributed by atoms with Crippen LogP contribution in [0.1, 0.15) is 30.7 Å². The quantitative estimate of drug-likeness (QED) is 0.672. The monoisotopic (exact) mass is 310 g/mol. The number of carboxylic acid groups (broad SMARTS) is 1. The van der Waals surface area contributed by atoms with E-state index in [0.717, 1.165) is 41.4 Å². The molecule has 0 amide bonds. The lowest BCUT2D eigenvalue weighted by atomic mass is 10.2. The first-order valence-corrected chi connectivity index (χ1v) is 7.99. The summed E-state index contributed by atoms with van der Waals surface area (Å²) in [5, 5.41) is 10.2. The second-order valence-corrected chi connectivity index (χ2v) is 8.02. The third kappa shape index (κ3) is 2.14. The maximum absolute atomic E-state index is 12.2. The van der Waals surface area contributed by atoms with Gasteiger partial charge in [0.25, 0.3) is 5.56 Å². The Balaban J connectivity index is 2.08. The van der Waals surface area contributed by atoms with Gasteiger partial charge in [-0.05, 0) is 38.7 Å². The van der Waals surface area contributed by atoms with Crippen LogP contribution in [0.3, 0.4) is 0 Å². The molecule has 0 bridgehead atoms. The molecule has 2 aromatic heterocycles. The van der Waals surface area contributed by atoms with Crippen molar-refractivity contribution in [3.05, 3.63) is 20.8 Å². The third-order valence-corrected chi connectivity index (χ3v) is 5.68. The lowest BCUT2D eigenvalue weighted by Crippen LogP contribution is -2.27. The summed E-state index contributed by atoms with van der Waals surface area (Å²) in [5.74, 6) is -0.932. The predicted octanol–water partition coefficient (Wildman–Crippen LogP) is 2.43. The van der Waals surface area contributed by atoms with Crippen LogP contribution in [0.25, 0.3) is 10.2 Å². The predicted molar refractivity (Wildman–Crippen MR) is 79.8 cm³/mol. The highest BCUT2D eigenvalue weighted by molar-refractivity contribution is 8.01. The minimum atomic E-state index is -1.02. The van der Waals surface area contributed by atoms with Gasteiger partial charge in [-0.25, -0.2) is 4.98 Å². The highest BCUT2D eigenvalue weighted by Crippen LogP contribution is 2.36. The maximum Gasteiger partial charge on any atom is 0.319 e. The van der Waals surface area contributed by atoms with Crippen molar-refractivity contribution in [3.8, 4) is 0 Å². The van der Waals surface area contributed by atoms with E-state index >= 15 is 0 Å². The van der Waals surface area contributed by atoms with Crippen LogP contribution >= 0.6 is 23.1 Å². The van der Waals surface area contributed by atoms with E-state index in [1.165, 1.54) is 4.88 Å². The first-order chi connectivity index (χ1) is 9.38. The number of aromatic amines is 1. The summed E-state index contributed by atoms with van der Waals surface area (Å²) < 4.78 is -1.02. The van der Waals surface area contributed by atoms with Crippen LogP contribution in [0.5, 0.6) is 0 Å². The van der Waals surface area contributed by atoms with Gasteiger partial charge in [-0.15, -0.1) is 11.3 Å². The van der Waals surface area contributed by atoms with Crippen LogP contribution in [-0.4, -0.2) is 25.8 Å². The summed E-state index contributed by atoms with van der Waals surface area (Å²) in [6.45, 7) is 3.19. The molecule has 0 saturated heterocycles. The van der Waals surface area contributed by atoms with Gasteiger partial charge in [0.05, 0.1) is 5.39 Å². The minimum Gasteiger partial charge on any atom is -0.480 e. The smallest absolute Gasteiger partial charge is 0.319 e. The molecule has 1 aliphatic carbocycles. The number of hydrogen-bond donors (Lipinski definition) is 2. The van der Waals surface area contributed by atoms with E-state index in [4.69, 9.17) is 5.11 Å². The highest BCUT2D eigenvalue weighted by Gasteiger charge is 2.30. The molecule has 0 fully saturated rings. The van der Waals surface area contributed by atoms with Crippen LogP contribution in [0.15, 0.2) is 9.95 Å². The van der Waals surface area contributed by atoms with E-state index in [2.05, 4.69) is 9.97 Å². The fraction of sp³-hybridized carbons (Fsp3) is 0.462. The minimum absolute atomic E-state index is 0.155. The molecule has 0 aliphatic heterocycles. The molecular formula is C13H14N2O3S2. The number of thiophene rings is 1. The van der Waals surface area contributed by atoms with Gasteiger partial charge >= 0.3 is 5.97 Å². The Bertz CT molecular complexity index is 761. The Morgan fingerprint density at radius 3 is 2.90 bits per heavy atom. The molecular weight excluding hydrogens is 296 g/mol. The number of hydrogen-bond acceptors (Lipinski definition) is 5. The average Bonchev–Trinajstić information content (AvgIpc) is 2.86. The van der Waals surface area contributed by atoms with Crippen molar-refractivity contribution in [2.24, 2.45) is 0 Å². The zero-order valence-corrected chi connectivity index (χ0v) is 12.8. The molecule has 0 spiro atoms. The van der Waals surface area contributed by atoms with Crippen molar-refractivity contribution in [3.63, 3.8) is 0 Å². The van der Waals surface area contributed by atoms with Crippen molar-refractivity contribution in [2.45, 2.75) is 43.0 Å².